The predicted octanol–water partition coefficient (Wildman–Crippen LogP) is 8.82. The smallest absolute Gasteiger partial charge is 0.268 e. The van der Waals surface area contributed by atoms with E-state index in [1.165, 1.54) is 3.97 Å². The van der Waals surface area contributed by atoms with E-state index in [1.807, 2.05) is 25.1 Å². The minimum absolute atomic E-state index is 0.0583. The molecule has 0 saturated carbocycles. The lowest BCUT2D eigenvalue weighted by Gasteiger charge is -2.46. The summed E-state index contributed by atoms with van der Waals surface area (Å²) in [4.78, 5) is 15.0. The largest absolute Gasteiger partial charge is 0.412 e. The van der Waals surface area contributed by atoms with Gasteiger partial charge in [0.25, 0.3) is 10.0 Å². The second-order valence-corrected chi connectivity index (χ2v) is 20.8. The van der Waals surface area contributed by atoms with Gasteiger partial charge in [-0.25, -0.2) is 12.4 Å². The lowest BCUT2D eigenvalue weighted by Crippen LogP contribution is -2.52. The molecule has 0 radical (unpaired) electrons. The number of allylic oxidation sites excluding steroid dienone is 2. The van der Waals surface area contributed by atoms with Crippen LogP contribution in [0.5, 0.6) is 0 Å². The van der Waals surface area contributed by atoms with Crippen molar-refractivity contribution in [3.05, 3.63) is 65.0 Å². The molecule has 0 fully saturated rings. The van der Waals surface area contributed by atoms with Crippen molar-refractivity contribution in [1.82, 2.24) is 3.97 Å². The summed E-state index contributed by atoms with van der Waals surface area (Å²) in [5.74, 6) is -0.362. The molecule has 1 aromatic carbocycles. The Hall–Kier alpha value is -1.96. The topological polar surface area (TPSA) is 65.4 Å². The van der Waals surface area contributed by atoms with Crippen LogP contribution >= 0.6 is 0 Å². The average Bonchev–Trinajstić information content (AvgIpc) is 3.39. The number of benzene rings is 1. The SMILES string of the molecule is Cc1ccc(S(=O)(=O)n2c3cc4c2C(=O)[C@H](C(O[Si](C(C)C)(C(C)C)C(C)C)CCC/C=C\CC3)[C@H]4C(C)C)cc1. The molecule has 2 aliphatic carbocycles. The molecular formula is C34H51NO4SSi. The average molecular weight is 598 g/mol. The van der Waals surface area contributed by atoms with Crippen molar-refractivity contribution >= 4 is 24.1 Å². The predicted molar refractivity (Wildman–Crippen MR) is 171 cm³/mol. The third-order valence-electron chi connectivity index (χ3n) is 9.68. The monoisotopic (exact) mass is 597 g/mol. The van der Waals surface area contributed by atoms with Gasteiger partial charge in [0, 0.05) is 11.6 Å². The summed E-state index contributed by atoms with van der Waals surface area (Å²) in [7, 11) is -6.27. The standard InChI is InChI=1S/C34H51NO4SSi/c1-22(2)31-29-21-27-15-13-11-10-12-14-16-30(39-41(23(3)4,24(5)6)25(7)8)32(31)34(36)33(29)35(27)40(37,38)28-19-17-26(9)18-20-28/h10-11,17-25,30-32H,12-16H2,1-9H3/b11-10-/t30?,31-,32+/m0/s1. The van der Waals surface area contributed by atoms with Crippen LogP contribution in [-0.2, 0) is 20.9 Å². The van der Waals surface area contributed by atoms with Crippen LogP contribution in [0.1, 0.15) is 114 Å². The van der Waals surface area contributed by atoms with E-state index < -0.39 is 18.3 Å². The lowest BCUT2D eigenvalue weighted by atomic mass is 9.79. The van der Waals surface area contributed by atoms with E-state index in [4.69, 9.17) is 4.43 Å². The zero-order valence-corrected chi connectivity index (χ0v) is 28.4. The zero-order chi connectivity index (χ0) is 30.3. The number of aryl methyl sites for hydroxylation is 2. The van der Waals surface area contributed by atoms with Crippen molar-refractivity contribution in [3.8, 4) is 0 Å². The minimum atomic E-state index is -3.96. The van der Waals surface area contributed by atoms with Crippen molar-refractivity contribution in [2.24, 2.45) is 11.8 Å². The van der Waals surface area contributed by atoms with Crippen molar-refractivity contribution in [1.29, 1.82) is 0 Å². The Morgan fingerprint density at radius 3 is 2.05 bits per heavy atom. The molecule has 5 nitrogen and oxygen atoms in total. The van der Waals surface area contributed by atoms with E-state index in [1.54, 1.807) is 12.1 Å². The first-order valence-electron chi connectivity index (χ1n) is 15.7. The summed E-state index contributed by atoms with van der Waals surface area (Å²) in [6.07, 6.45) is 8.12. The molecule has 0 N–H and O–H groups in total. The number of ketones is 1. The highest BCUT2D eigenvalue weighted by atomic mass is 32.2. The Bertz CT molecular complexity index is 1350. The van der Waals surface area contributed by atoms with Crippen LogP contribution in [0.4, 0.5) is 0 Å². The first-order valence-corrected chi connectivity index (χ1v) is 19.3. The van der Waals surface area contributed by atoms with Gasteiger partial charge in [-0.3, -0.25) is 4.79 Å². The molecule has 2 heterocycles. The fourth-order valence-electron chi connectivity index (χ4n) is 7.90. The fourth-order valence-corrected chi connectivity index (χ4v) is 15.1. The second-order valence-electron chi connectivity index (χ2n) is 13.6. The summed E-state index contributed by atoms with van der Waals surface area (Å²) in [5, 5.41) is 0. The maximum atomic E-state index is 14.7. The van der Waals surface area contributed by atoms with Crippen molar-refractivity contribution in [2.75, 3.05) is 0 Å². The third-order valence-corrected chi connectivity index (χ3v) is 17.6. The maximum Gasteiger partial charge on any atom is 0.268 e. The van der Waals surface area contributed by atoms with Gasteiger partial charge < -0.3 is 4.43 Å². The van der Waals surface area contributed by atoms with Crippen molar-refractivity contribution in [3.63, 3.8) is 0 Å². The molecule has 41 heavy (non-hydrogen) atoms. The van der Waals surface area contributed by atoms with Crippen LogP contribution in [0.2, 0.25) is 16.6 Å². The molecule has 1 unspecified atom stereocenters. The van der Waals surface area contributed by atoms with Gasteiger partial charge in [-0.15, -0.1) is 0 Å². The van der Waals surface area contributed by atoms with Crippen LogP contribution in [-0.4, -0.2) is 32.6 Å². The summed E-state index contributed by atoms with van der Waals surface area (Å²) in [6.45, 7) is 20.0. The number of nitrogens with zero attached hydrogens (tertiary/aromatic N) is 1. The number of fused-ring (bicyclic) bond motifs is 6. The number of rotatable bonds is 8. The fraction of sp³-hybridized carbons (Fsp3) is 0.618. The van der Waals surface area contributed by atoms with Crippen molar-refractivity contribution < 1.29 is 17.6 Å². The van der Waals surface area contributed by atoms with Crippen molar-refractivity contribution in [2.45, 2.75) is 128 Å². The number of hydrogen-bond donors (Lipinski definition) is 0. The van der Waals surface area contributed by atoms with Gasteiger partial charge in [0.15, 0.2) is 5.78 Å². The normalized spacial score (nSPS) is 23.0. The highest BCUT2D eigenvalue weighted by Gasteiger charge is 2.53. The summed E-state index contributed by atoms with van der Waals surface area (Å²) < 4.78 is 37.4. The molecule has 1 aromatic heterocycles. The van der Waals surface area contributed by atoms with E-state index in [2.05, 4.69) is 67.5 Å². The molecule has 1 aliphatic heterocycles. The van der Waals surface area contributed by atoms with Gasteiger partial charge in [0.1, 0.15) is 5.69 Å². The molecule has 226 valence electrons. The molecule has 7 heteroatoms. The summed E-state index contributed by atoms with van der Waals surface area (Å²) >= 11 is 0. The number of Topliss-reactive ketones (excluding diaryl/α,β-unsaturated/α-hetero) is 1. The Kier molecular flexibility index (Phi) is 9.62. The van der Waals surface area contributed by atoms with Crippen LogP contribution in [0.15, 0.2) is 47.4 Å². The van der Waals surface area contributed by atoms with Gasteiger partial charge in [-0.2, -0.15) is 0 Å². The van der Waals surface area contributed by atoms with Gasteiger partial charge in [0.05, 0.1) is 16.9 Å². The molecule has 5 rings (SSSR count). The lowest BCUT2D eigenvalue weighted by molar-refractivity contribution is 0.0594. The van der Waals surface area contributed by atoms with Crippen LogP contribution in [0.25, 0.3) is 0 Å². The molecule has 0 amide bonds. The van der Waals surface area contributed by atoms with Crippen LogP contribution in [0.3, 0.4) is 0 Å². The van der Waals surface area contributed by atoms with Crippen LogP contribution in [0, 0.1) is 18.8 Å². The molecule has 4 bridgehead atoms. The summed E-state index contributed by atoms with van der Waals surface area (Å²) in [5.41, 5.74) is 4.14. The quantitative estimate of drug-likeness (QED) is 0.225. The molecular weight excluding hydrogens is 547 g/mol. The Morgan fingerprint density at radius 2 is 1.49 bits per heavy atom. The van der Waals surface area contributed by atoms with Gasteiger partial charge in [0.2, 0.25) is 8.32 Å². The molecule has 3 aliphatic rings. The highest BCUT2D eigenvalue weighted by Crippen LogP contribution is 2.51. The van der Waals surface area contributed by atoms with E-state index >= 15 is 0 Å². The number of aromatic nitrogens is 1. The Morgan fingerprint density at radius 1 is 0.902 bits per heavy atom. The van der Waals surface area contributed by atoms with E-state index in [9.17, 15) is 13.2 Å². The van der Waals surface area contributed by atoms with E-state index in [0.29, 0.717) is 34.4 Å². The number of carbonyl (C=O) groups is 1. The van der Waals surface area contributed by atoms with E-state index in [0.717, 1.165) is 36.8 Å². The molecule has 0 saturated heterocycles. The number of carbonyl (C=O) groups excluding carboxylic acids is 1. The van der Waals surface area contributed by atoms with Crippen LogP contribution < -0.4 is 0 Å². The molecule has 0 spiro atoms. The number of hydrogen-bond acceptors (Lipinski definition) is 4. The molecule has 2 aromatic rings. The maximum absolute atomic E-state index is 14.7. The van der Waals surface area contributed by atoms with Gasteiger partial charge in [-0.1, -0.05) is 85.2 Å². The first kappa shape index (κ1) is 32.0. The van der Waals surface area contributed by atoms with Gasteiger partial charge in [-0.05, 0) is 85.3 Å². The minimum Gasteiger partial charge on any atom is -0.412 e. The van der Waals surface area contributed by atoms with Gasteiger partial charge >= 0.3 is 0 Å². The van der Waals surface area contributed by atoms with E-state index in [-0.39, 0.29) is 34.5 Å². The second kappa shape index (κ2) is 12.3. The molecule has 3 atom stereocenters. The first-order chi connectivity index (χ1) is 19.2. The Balaban J connectivity index is 1.94. The summed E-state index contributed by atoms with van der Waals surface area (Å²) in [6, 6.07) is 8.99. The highest BCUT2D eigenvalue weighted by molar-refractivity contribution is 7.90. The Labute approximate surface area is 250 Å². The third kappa shape index (κ3) is 5.71. The zero-order valence-electron chi connectivity index (χ0n) is 26.6.